The number of nitrogens with zero attached hydrogens (tertiary/aromatic N) is 1. The molecule has 1 heterocycles. The van der Waals surface area contributed by atoms with Gasteiger partial charge in [-0.05, 0) is 31.0 Å². The lowest BCUT2D eigenvalue weighted by Gasteiger charge is -2.31. The molecule has 0 radical (unpaired) electrons. The van der Waals surface area contributed by atoms with Crippen molar-refractivity contribution >= 4 is 17.5 Å². The van der Waals surface area contributed by atoms with Crippen LogP contribution in [0.1, 0.15) is 28.8 Å². The molecule has 2 N–H and O–H groups in total. The van der Waals surface area contributed by atoms with Crippen molar-refractivity contribution in [2.75, 3.05) is 13.1 Å². The maximum atomic E-state index is 12.8. The Morgan fingerprint density at radius 1 is 1.21 bits per heavy atom. The zero-order valence-corrected chi connectivity index (χ0v) is 14.2. The van der Waals surface area contributed by atoms with E-state index in [0.29, 0.717) is 29.5 Å². The Hall–Kier alpha value is -2.04. The van der Waals surface area contributed by atoms with Gasteiger partial charge in [0, 0.05) is 29.7 Å². The number of hydrogen-bond acceptors (Lipinski definition) is 3. The fourth-order valence-corrected chi connectivity index (χ4v) is 3.10. The van der Waals surface area contributed by atoms with E-state index in [2.05, 4.69) is 0 Å². The average molecular weight is 345 g/mol. The topological polar surface area (TPSA) is 55.6 Å². The summed E-state index contributed by atoms with van der Waals surface area (Å²) in [5.74, 6) is 0.543. The summed E-state index contributed by atoms with van der Waals surface area (Å²) < 4.78 is 5.88. The Labute approximate surface area is 147 Å². The van der Waals surface area contributed by atoms with E-state index in [1.165, 1.54) is 0 Å². The highest BCUT2D eigenvalue weighted by molar-refractivity contribution is 6.31. The molecule has 0 bridgehead atoms. The number of likely N-dealkylation sites (tertiary alicyclic amines) is 1. The van der Waals surface area contributed by atoms with E-state index in [-0.39, 0.29) is 11.9 Å². The molecule has 0 aromatic heterocycles. The molecule has 1 aliphatic heterocycles. The Morgan fingerprint density at radius 2 is 1.96 bits per heavy atom. The second-order valence-corrected chi connectivity index (χ2v) is 6.44. The minimum Gasteiger partial charge on any atom is -0.488 e. The molecule has 5 heteroatoms. The second kappa shape index (κ2) is 7.69. The summed E-state index contributed by atoms with van der Waals surface area (Å²) in [6.07, 6.45) is 1.91. The van der Waals surface area contributed by atoms with Crippen molar-refractivity contribution in [1.29, 1.82) is 0 Å². The quantitative estimate of drug-likeness (QED) is 0.923. The van der Waals surface area contributed by atoms with Gasteiger partial charge in [0.25, 0.3) is 5.91 Å². The van der Waals surface area contributed by atoms with Crippen LogP contribution in [0.2, 0.25) is 5.02 Å². The summed E-state index contributed by atoms with van der Waals surface area (Å²) in [4.78, 5) is 14.6. The lowest BCUT2D eigenvalue weighted by Crippen LogP contribution is -2.45. The van der Waals surface area contributed by atoms with Gasteiger partial charge in [-0.3, -0.25) is 4.79 Å². The molecule has 1 fully saturated rings. The third-order valence-electron chi connectivity index (χ3n) is 4.20. The molecule has 1 saturated heterocycles. The van der Waals surface area contributed by atoms with E-state index < -0.39 is 0 Å². The number of para-hydroxylation sites is 1. The largest absolute Gasteiger partial charge is 0.488 e. The smallest absolute Gasteiger partial charge is 0.257 e. The number of amides is 1. The predicted molar refractivity (Wildman–Crippen MR) is 95.3 cm³/mol. The van der Waals surface area contributed by atoms with Gasteiger partial charge in [0.1, 0.15) is 12.4 Å². The molecule has 1 atom stereocenters. The van der Waals surface area contributed by atoms with Crippen LogP contribution in [0, 0.1) is 0 Å². The molecule has 0 aliphatic carbocycles. The van der Waals surface area contributed by atoms with Gasteiger partial charge in [0.15, 0.2) is 0 Å². The van der Waals surface area contributed by atoms with Crippen LogP contribution in [-0.4, -0.2) is 29.9 Å². The number of hydrogen-bond donors (Lipinski definition) is 1. The first-order chi connectivity index (χ1) is 11.6. The zero-order valence-electron chi connectivity index (χ0n) is 13.5. The Kier molecular flexibility index (Phi) is 5.38. The van der Waals surface area contributed by atoms with Gasteiger partial charge in [-0.1, -0.05) is 41.9 Å². The standard InChI is InChI=1S/C19H21ClN2O2/c20-17-9-3-1-6-14(17)13-24-18-10-4-2-8-16(18)19(23)22-11-5-7-15(21)12-22/h1-4,6,8-10,15H,5,7,11-13,21H2. The van der Waals surface area contributed by atoms with Crippen LogP contribution in [0.25, 0.3) is 0 Å². The van der Waals surface area contributed by atoms with Crippen LogP contribution < -0.4 is 10.5 Å². The Balaban J connectivity index is 1.75. The summed E-state index contributed by atoms with van der Waals surface area (Å²) in [5.41, 5.74) is 7.45. The summed E-state index contributed by atoms with van der Waals surface area (Å²) in [7, 11) is 0. The molecule has 0 spiro atoms. The lowest BCUT2D eigenvalue weighted by molar-refractivity contribution is 0.0704. The molecule has 126 valence electrons. The van der Waals surface area contributed by atoms with Gasteiger partial charge < -0.3 is 15.4 Å². The van der Waals surface area contributed by atoms with Crippen molar-refractivity contribution in [1.82, 2.24) is 4.90 Å². The van der Waals surface area contributed by atoms with Gasteiger partial charge in [-0.15, -0.1) is 0 Å². The fraction of sp³-hybridized carbons (Fsp3) is 0.316. The van der Waals surface area contributed by atoms with Crippen molar-refractivity contribution in [3.8, 4) is 5.75 Å². The van der Waals surface area contributed by atoms with E-state index in [0.717, 1.165) is 24.9 Å². The molecule has 4 nitrogen and oxygen atoms in total. The minimum absolute atomic E-state index is 0.0279. The highest BCUT2D eigenvalue weighted by Gasteiger charge is 2.24. The molecule has 1 amide bonds. The van der Waals surface area contributed by atoms with E-state index in [1.54, 1.807) is 6.07 Å². The van der Waals surface area contributed by atoms with E-state index in [1.807, 2.05) is 47.4 Å². The van der Waals surface area contributed by atoms with Gasteiger partial charge in [0.2, 0.25) is 0 Å². The minimum atomic E-state index is -0.0279. The van der Waals surface area contributed by atoms with Crippen molar-refractivity contribution in [3.05, 3.63) is 64.7 Å². The molecule has 2 aromatic rings. The number of ether oxygens (including phenoxy) is 1. The number of nitrogens with two attached hydrogens (primary N) is 1. The van der Waals surface area contributed by atoms with Crippen LogP contribution in [0.5, 0.6) is 5.75 Å². The van der Waals surface area contributed by atoms with Crippen LogP contribution in [-0.2, 0) is 6.61 Å². The normalized spacial score (nSPS) is 17.6. The first-order valence-electron chi connectivity index (χ1n) is 8.15. The van der Waals surface area contributed by atoms with E-state index in [9.17, 15) is 4.79 Å². The Morgan fingerprint density at radius 3 is 2.75 bits per heavy atom. The number of carbonyl (C=O) groups excluding carboxylic acids is 1. The fourth-order valence-electron chi connectivity index (χ4n) is 2.90. The van der Waals surface area contributed by atoms with Gasteiger partial charge in [-0.2, -0.15) is 0 Å². The average Bonchev–Trinajstić information content (AvgIpc) is 2.61. The summed E-state index contributed by atoms with van der Waals surface area (Å²) >= 11 is 6.16. The third kappa shape index (κ3) is 3.89. The number of piperidine rings is 1. The Bertz CT molecular complexity index is 720. The maximum Gasteiger partial charge on any atom is 0.257 e. The predicted octanol–water partition coefficient (Wildman–Crippen LogP) is 3.48. The van der Waals surface area contributed by atoms with Gasteiger partial charge >= 0.3 is 0 Å². The van der Waals surface area contributed by atoms with Crippen LogP contribution in [0.3, 0.4) is 0 Å². The van der Waals surface area contributed by atoms with Crippen molar-refractivity contribution < 1.29 is 9.53 Å². The molecule has 0 saturated carbocycles. The maximum absolute atomic E-state index is 12.8. The second-order valence-electron chi connectivity index (χ2n) is 6.03. The first kappa shape index (κ1) is 16.8. The van der Waals surface area contributed by atoms with Crippen LogP contribution >= 0.6 is 11.6 Å². The third-order valence-corrected chi connectivity index (χ3v) is 4.57. The van der Waals surface area contributed by atoms with E-state index >= 15 is 0 Å². The highest BCUT2D eigenvalue weighted by atomic mass is 35.5. The van der Waals surface area contributed by atoms with Gasteiger partial charge in [-0.25, -0.2) is 0 Å². The van der Waals surface area contributed by atoms with Crippen molar-refractivity contribution in [2.24, 2.45) is 5.73 Å². The molecular weight excluding hydrogens is 324 g/mol. The van der Waals surface area contributed by atoms with E-state index in [4.69, 9.17) is 22.1 Å². The van der Waals surface area contributed by atoms with Crippen LogP contribution in [0.15, 0.2) is 48.5 Å². The number of rotatable bonds is 4. The molecule has 3 rings (SSSR count). The van der Waals surface area contributed by atoms with Crippen molar-refractivity contribution in [2.45, 2.75) is 25.5 Å². The summed E-state index contributed by atoms with van der Waals surface area (Å²) in [5, 5.41) is 0.656. The van der Waals surface area contributed by atoms with Gasteiger partial charge in [0.05, 0.1) is 5.56 Å². The number of halogens is 1. The SMILES string of the molecule is NC1CCCN(C(=O)c2ccccc2OCc2ccccc2Cl)C1. The van der Waals surface area contributed by atoms with Crippen LogP contribution in [0.4, 0.5) is 0 Å². The highest BCUT2D eigenvalue weighted by Crippen LogP contribution is 2.24. The molecule has 24 heavy (non-hydrogen) atoms. The molecule has 1 aliphatic rings. The summed E-state index contributed by atoms with van der Waals surface area (Å²) in [6.45, 7) is 1.66. The summed E-state index contributed by atoms with van der Waals surface area (Å²) in [6, 6.07) is 14.9. The number of benzene rings is 2. The van der Waals surface area contributed by atoms with Crippen molar-refractivity contribution in [3.63, 3.8) is 0 Å². The zero-order chi connectivity index (χ0) is 16.9. The molecule has 1 unspecified atom stereocenters. The molecule has 2 aromatic carbocycles. The lowest BCUT2D eigenvalue weighted by atomic mass is 10.0. The number of carbonyl (C=O) groups is 1. The molecular formula is C19H21ClN2O2. The monoisotopic (exact) mass is 344 g/mol. The first-order valence-corrected chi connectivity index (χ1v) is 8.53.